The molecule has 1 heterocycles. The summed E-state index contributed by atoms with van der Waals surface area (Å²) in [7, 11) is 0. The van der Waals surface area contributed by atoms with Crippen LogP contribution in [-0.2, 0) is 13.1 Å². The van der Waals surface area contributed by atoms with E-state index in [1.165, 1.54) is 0 Å². The fourth-order valence-corrected chi connectivity index (χ4v) is 1.48. The van der Waals surface area contributed by atoms with Gasteiger partial charge in [0.1, 0.15) is 12.2 Å². The highest BCUT2D eigenvalue weighted by Crippen LogP contribution is 2.15. The highest BCUT2D eigenvalue weighted by molar-refractivity contribution is 6.18. The van der Waals surface area contributed by atoms with Crippen LogP contribution in [0.3, 0.4) is 0 Å². The Morgan fingerprint density at radius 2 is 2.25 bits per heavy atom. The smallest absolute Gasteiger partial charge is 0.140 e. The Kier molecular flexibility index (Phi) is 5.22. The summed E-state index contributed by atoms with van der Waals surface area (Å²) < 4.78 is 1.95. The van der Waals surface area contributed by atoms with Crippen molar-refractivity contribution in [2.45, 2.75) is 40.3 Å². The minimum atomic E-state index is 0.122. The summed E-state index contributed by atoms with van der Waals surface area (Å²) in [6.07, 6.45) is 2.68. The van der Waals surface area contributed by atoms with Gasteiger partial charge in [-0.2, -0.15) is 5.10 Å². The van der Waals surface area contributed by atoms with Crippen LogP contribution in [0.15, 0.2) is 6.33 Å². The first kappa shape index (κ1) is 13.5. The lowest BCUT2D eigenvalue weighted by molar-refractivity contribution is 0.379. The van der Waals surface area contributed by atoms with Gasteiger partial charge in [0, 0.05) is 19.0 Å². The minimum Gasteiger partial charge on any atom is -0.309 e. The molecule has 1 aromatic heterocycles. The molecular weight excluding hydrogens is 224 g/mol. The standard InChI is InChI=1S/C11H21ClN4/c1-4-5-16-10(14-9-15-16)6-13-8-11(2,3)7-12/h9,13H,4-8H2,1-3H3. The summed E-state index contributed by atoms with van der Waals surface area (Å²) in [6, 6.07) is 0. The van der Waals surface area contributed by atoms with Crippen LogP contribution in [0.25, 0.3) is 0 Å². The van der Waals surface area contributed by atoms with Gasteiger partial charge in [0.2, 0.25) is 0 Å². The zero-order chi connectivity index (χ0) is 12.0. The molecule has 1 rings (SSSR count). The average Bonchev–Trinajstić information content (AvgIpc) is 2.66. The zero-order valence-electron chi connectivity index (χ0n) is 10.3. The van der Waals surface area contributed by atoms with Gasteiger partial charge in [-0.3, -0.25) is 0 Å². The van der Waals surface area contributed by atoms with Crippen molar-refractivity contribution in [1.82, 2.24) is 20.1 Å². The van der Waals surface area contributed by atoms with Gasteiger partial charge in [-0.15, -0.1) is 11.6 Å². The molecule has 92 valence electrons. The molecule has 1 aromatic rings. The van der Waals surface area contributed by atoms with Gasteiger partial charge in [0.25, 0.3) is 0 Å². The van der Waals surface area contributed by atoms with Crippen molar-refractivity contribution < 1.29 is 0 Å². The van der Waals surface area contributed by atoms with E-state index in [4.69, 9.17) is 11.6 Å². The van der Waals surface area contributed by atoms with Crippen LogP contribution < -0.4 is 5.32 Å². The van der Waals surface area contributed by atoms with Crippen LogP contribution in [-0.4, -0.2) is 27.2 Å². The maximum atomic E-state index is 5.86. The van der Waals surface area contributed by atoms with E-state index < -0.39 is 0 Å². The molecule has 0 saturated heterocycles. The SMILES string of the molecule is CCCn1ncnc1CNCC(C)(C)CCl. The number of alkyl halides is 1. The largest absolute Gasteiger partial charge is 0.309 e. The van der Waals surface area contributed by atoms with Crippen molar-refractivity contribution in [3.05, 3.63) is 12.2 Å². The predicted octanol–water partition coefficient (Wildman–Crippen LogP) is 2.04. The molecule has 0 unspecified atom stereocenters. The van der Waals surface area contributed by atoms with Crippen LogP contribution in [0.5, 0.6) is 0 Å². The summed E-state index contributed by atoms with van der Waals surface area (Å²) in [5, 5.41) is 7.55. The Morgan fingerprint density at radius 3 is 2.88 bits per heavy atom. The molecule has 0 aromatic carbocycles. The lowest BCUT2D eigenvalue weighted by Crippen LogP contribution is -2.31. The number of hydrogen-bond acceptors (Lipinski definition) is 3. The highest BCUT2D eigenvalue weighted by atomic mass is 35.5. The van der Waals surface area contributed by atoms with E-state index in [0.29, 0.717) is 5.88 Å². The van der Waals surface area contributed by atoms with Crippen LogP contribution in [0.2, 0.25) is 0 Å². The number of halogens is 1. The molecule has 0 aliphatic rings. The van der Waals surface area contributed by atoms with Gasteiger partial charge >= 0.3 is 0 Å². The molecule has 0 aliphatic carbocycles. The van der Waals surface area contributed by atoms with E-state index in [9.17, 15) is 0 Å². The van der Waals surface area contributed by atoms with Crippen molar-refractivity contribution in [3.8, 4) is 0 Å². The van der Waals surface area contributed by atoms with Gasteiger partial charge in [-0.25, -0.2) is 9.67 Å². The molecule has 0 bridgehead atoms. The van der Waals surface area contributed by atoms with Gasteiger partial charge in [-0.1, -0.05) is 20.8 Å². The average molecular weight is 245 g/mol. The number of nitrogens with one attached hydrogen (secondary N) is 1. The normalized spacial score (nSPS) is 12.0. The second kappa shape index (κ2) is 6.21. The number of nitrogens with zero attached hydrogens (tertiary/aromatic N) is 3. The van der Waals surface area contributed by atoms with E-state index in [1.807, 2.05) is 4.68 Å². The molecule has 5 heteroatoms. The van der Waals surface area contributed by atoms with Gasteiger partial charge in [0.15, 0.2) is 0 Å². The second-order valence-corrected chi connectivity index (χ2v) is 5.07. The molecule has 0 fully saturated rings. The summed E-state index contributed by atoms with van der Waals surface area (Å²) >= 11 is 5.86. The quantitative estimate of drug-likeness (QED) is 0.747. The first-order valence-corrected chi connectivity index (χ1v) is 6.26. The highest BCUT2D eigenvalue weighted by Gasteiger charge is 2.15. The third-order valence-electron chi connectivity index (χ3n) is 2.38. The Morgan fingerprint density at radius 1 is 1.50 bits per heavy atom. The predicted molar refractivity (Wildman–Crippen MR) is 66.5 cm³/mol. The molecule has 1 N–H and O–H groups in total. The molecule has 4 nitrogen and oxygen atoms in total. The topological polar surface area (TPSA) is 42.7 Å². The second-order valence-electron chi connectivity index (χ2n) is 4.80. The monoisotopic (exact) mass is 244 g/mol. The van der Waals surface area contributed by atoms with Gasteiger partial charge in [0.05, 0.1) is 6.54 Å². The van der Waals surface area contributed by atoms with E-state index in [-0.39, 0.29) is 5.41 Å². The third-order valence-corrected chi connectivity index (χ3v) is 3.10. The summed E-state index contributed by atoms with van der Waals surface area (Å²) in [5.74, 6) is 1.65. The van der Waals surface area contributed by atoms with Gasteiger partial charge < -0.3 is 5.32 Å². The molecular formula is C11H21ClN4. The van der Waals surface area contributed by atoms with E-state index in [0.717, 1.165) is 31.9 Å². The van der Waals surface area contributed by atoms with Crippen LogP contribution in [0.4, 0.5) is 0 Å². The summed E-state index contributed by atoms with van der Waals surface area (Å²) in [4.78, 5) is 4.24. The van der Waals surface area contributed by atoms with Crippen LogP contribution in [0, 0.1) is 5.41 Å². The Hall–Kier alpha value is -0.610. The number of aryl methyl sites for hydroxylation is 1. The maximum Gasteiger partial charge on any atom is 0.140 e. The van der Waals surface area contributed by atoms with E-state index >= 15 is 0 Å². The first-order valence-electron chi connectivity index (χ1n) is 5.72. The number of rotatable bonds is 7. The molecule has 0 radical (unpaired) electrons. The summed E-state index contributed by atoms with van der Waals surface area (Å²) in [5.41, 5.74) is 0.122. The van der Waals surface area contributed by atoms with Gasteiger partial charge in [-0.05, 0) is 11.8 Å². The first-order chi connectivity index (χ1) is 7.59. The lowest BCUT2D eigenvalue weighted by Gasteiger charge is -2.21. The lowest BCUT2D eigenvalue weighted by atomic mass is 9.97. The maximum absolute atomic E-state index is 5.86. The third kappa shape index (κ3) is 4.10. The summed E-state index contributed by atoms with van der Waals surface area (Å²) in [6.45, 7) is 8.98. The van der Waals surface area contributed by atoms with Crippen molar-refractivity contribution in [2.75, 3.05) is 12.4 Å². The zero-order valence-corrected chi connectivity index (χ0v) is 11.1. The Labute approximate surface area is 102 Å². The molecule has 16 heavy (non-hydrogen) atoms. The van der Waals surface area contributed by atoms with Crippen LogP contribution >= 0.6 is 11.6 Å². The van der Waals surface area contributed by atoms with Crippen molar-refractivity contribution in [3.63, 3.8) is 0 Å². The van der Waals surface area contributed by atoms with E-state index in [2.05, 4.69) is 36.2 Å². The minimum absolute atomic E-state index is 0.122. The van der Waals surface area contributed by atoms with Crippen molar-refractivity contribution >= 4 is 11.6 Å². The molecule has 0 saturated carbocycles. The molecule has 0 atom stereocenters. The van der Waals surface area contributed by atoms with Crippen molar-refractivity contribution in [2.24, 2.45) is 5.41 Å². The number of aromatic nitrogens is 3. The fourth-order valence-electron chi connectivity index (χ4n) is 1.38. The van der Waals surface area contributed by atoms with Crippen molar-refractivity contribution in [1.29, 1.82) is 0 Å². The molecule has 0 spiro atoms. The number of hydrogen-bond donors (Lipinski definition) is 1. The van der Waals surface area contributed by atoms with Crippen LogP contribution in [0.1, 0.15) is 33.0 Å². The molecule has 0 aliphatic heterocycles. The Balaban J connectivity index is 2.39. The Bertz CT molecular complexity index is 309. The van der Waals surface area contributed by atoms with E-state index in [1.54, 1.807) is 6.33 Å². The molecule has 0 amide bonds. The fraction of sp³-hybridized carbons (Fsp3) is 0.818.